The highest BCUT2D eigenvalue weighted by Crippen LogP contribution is 2.31. The Morgan fingerprint density at radius 1 is 1.56 bits per heavy atom. The second kappa shape index (κ2) is 5.91. The number of carbonyl (C=O) groups excluding carboxylic acids is 1. The molecule has 0 spiro atoms. The summed E-state index contributed by atoms with van der Waals surface area (Å²) in [7, 11) is 1.05. The van der Waals surface area contributed by atoms with Crippen molar-refractivity contribution in [1.82, 2.24) is 4.98 Å². The van der Waals surface area contributed by atoms with Crippen LogP contribution in [0.15, 0.2) is 6.07 Å². The van der Waals surface area contributed by atoms with Gasteiger partial charge in [-0.05, 0) is 28.7 Å². The first-order valence-electron chi connectivity index (χ1n) is 4.38. The van der Waals surface area contributed by atoms with Crippen molar-refractivity contribution in [3.8, 4) is 5.75 Å². The first kappa shape index (κ1) is 15.3. The molecule has 1 aromatic rings. The highest BCUT2D eigenvalue weighted by Gasteiger charge is 2.35. The maximum absolute atomic E-state index is 12.3. The van der Waals surface area contributed by atoms with Crippen LogP contribution in [0.3, 0.4) is 0 Å². The van der Waals surface area contributed by atoms with E-state index in [1.54, 1.807) is 22.6 Å². The van der Waals surface area contributed by atoms with Crippen molar-refractivity contribution < 1.29 is 27.4 Å². The molecule has 0 aliphatic rings. The van der Waals surface area contributed by atoms with Crippen LogP contribution in [0.5, 0.6) is 5.75 Å². The Balaban J connectivity index is 3.38. The number of hydrogen-bond donors (Lipinski definition) is 0. The van der Waals surface area contributed by atoms with Crippen molar-refractivity contribution in [1.29, 1.82) is 0 Å². The van der Waals surface area contributed by atoms with Crippen LogP contribution in [0, 0.1) is 3.70 Å². The fourth-order valence-corrected chi connectivity index (χ4v) is 1.92. The quantitative estimate of drug-likeness (QED) is 0.342. The fraction of sp³-hybridized carbons (Fsp3) is 0.333. The molecule has 0 saturated heterocycles. The van der Waals surface area contributed by atoms with Gasteiger partial charge in [0, 0.05) is 0 Å². The van der Waals surface area contributed by atoms with E-state index in [1.807, 2.05) is 0 Å². The molecule has 0 aliphatic heterocycles. The van der Waals surface area contributed by atoms with Gasteiger partial charge in [0.05, 0.1) is 18.7 Å². The topological polar surface area (TPSA) is 48.4 Å². The summed E-state index contributed by atoms with van der Waals surface area (Å²) in [6.45, 7) is 0. The van der Waals surface area contributed by atoms with Gasteiger partial charge in [-0.1, -0.05) is 0 Å². The number of halogens is 5. The van der Waals surface area contributed by atoms with Crippen LogP contribution < -0.4 is 4.74 Å². The maximum Gasteiger partial charge on any atom is 0.573 e. The third kappa shape index (κ3) is 3.87. The lowest BCUT2D eigenvalue weighted by molar-refractivity contribution is -0.275. The van der Waals surface area contributed by atoms with Crippen LogP contribution in [-0.4, -0.2) is 24.4 Å². The monoisotopic (exact) mass is 395 g/mol. The maximum atomic E-state index is 12.3. The molecule has 0 amide bonds. The van der Waals surface area contributed by atoms with Crippen molar-refractivity contribution in [2.24, 2.45) is 0 Å². The number of nitrogens with zero attached hydrogens (tertiary/aromatic N) is 1. The van der Waals surface area contributed by atoms with Gasteiger partial charge >= 0.3 is 12.3 Å². The minimum absolute atomic E-state index is 0.179. The molecule has 0 N–H and O–H groups in total. The number of esters is 1. The van der Waals surface area contributed by atoms with Crippen LogP contribution in [0.1, 0.15) is 16.1 Å². The van der Waals surface area contributed by atoms with Crippen LogP contribution in [0.25, 0.3) is 0 Å². The number of rotatable bonds is 3. The molecule has 4 nitrogen and oxygen atoms in total. The van der Waals surface area contributed by atoms with E-state index in [4.69, 9.17) is 11.6 Å². The van der Waals surface area contributed by atoms with Gasteiger partial charge < -0.3 is 9.47 Å². The van der Waals surface area contributed by atoms with Crippen LogP contribution in [0.2, 0.25) is 0 Å². The molecule has 18 heavy (non-hydrogen) atoms. The summed E-state index contributed by atoms with van der Waals surface area (Å²) >= 11 is 7.23. The van der Waals surface area contributed by atoms with Gasteiger partial charge in [-0.25, -0.2) is 9.78 Å². The number of carbonyl (C=O) groups is 1. The average molecular weight is 396 g/mol. The van der Waals surface area contributed by atoms with E-state index in [9.17, 15) is 18.0 Å². The van der Waals surface area contributed by atoms with Gasteiger partial charge in [0.15, 0.2) is 5.75 Å². The Morgan fingerprint density at radius 2 is 2.17 bits per heavy atom. The number of alkyl halides is 4. The standard InChI is InChI=1S/C9H6ClF3INO3/c1-17-8(16)4-2-6(14)15-5(3-10)7(4)18-9(11,12)13/h2H,3H2,1H3. The van der Waals surface area contributed by atoms with Gasteiger partial charge in [-0.2, -0.15) is 0 Å². The molecule has 0 fully saturated rings. The highest BCUT2D eigenvalue weighted by atomic mass is 127. The zero-order chi connectivity index (χ0) is 13.9. The zero-order valence-electron chi connectivity index (χ0n) is 8.85. The molecule has 0 aliphatic carbocycles. The van der Waals surface area contributed by atoms with Crippen molar-refractivity contribution in [2.45, 2.75) is 12.2 Å². The Bertz CT molecular complexity index is 467. The average Bonchev–Trinajstić information content (AvgIpc) is 2.28. The van der Waals surface area contributed by atoms with Crippen molar-refractivity contribution in [2.75, 3.05) is 7.11 Å². The van der Waals surface area contributed by atoms with E-state index in [-0.39, 0.29) is 17.1 Å². The van der Waals surface area contributed by atoms with Gasteiger partial charge in [0.2, 0.25) is 0 Å². The van der Waals surface area contributed by atoms with Gasteiger partial charge in [0.1, 0.15) is 9.26 Å². The normalized spacial score (nSPS) is 11.2. The molecule has 1 rings (SSSR count). The molecule has 0 unspecified atom stereocenters. The molecule has 9 heteroatoms. The second-order valence-corrected chi connectivity index (χ2v) is 4.31. The Morgan fingerprint density at radius 3 is 2.61 bits per heavy atom. The summed E-state index contributed by atoms with van der Waals surface area (Å²) in [5.41, 5.74) is -0.550. The predicted molar refractivity (Wildman–Crippen MR) is 64.5 cm³/mol. The summed E-state index contributed by atoms with van der Waals surface area (Å²) in [4.78, 5) is 15.2. The van der Waals surface area contributed by atoms with Crippen molar-refractivity contribution in [3.05, 3.63) is 21.0 Å². The van der Waals surface area contributed by atoms with Crippen molar-refractivity contribution in [3.63, 3.8) is 0 Å². The Kier molecular flexibility index (Phi) is 5.02. The van der Waals surface area contributed by atoms with E-state index in [0.29, 0.717) is 3.70 Å². The summed E-state index contributed by atoms with van der Waals surface area (Å²) in [5.74, 6) is -2.02. The van der Waals surface area contributed by atoms with Crippen LogP contribution in [-0.2, 0) is 10.6 Å². The second-order valence-electron chi connectivity index (χ2n) is 2.94. The Hall–Kier alpha value is -0.770. The summed E-state index contributed by atoms with van der Waals surface area (Å²) in [6.07, 6.45) is -4.95. The molecule has 0 saturated carbocycles. The molecular formula is C9H6ClF3INO3. The lowest BCUT2D eigenvalue weighted by Crippen LogP contribution is -2.21. The number of aromatic nitrogens is 1. The van der Waals surface area contributed by atoms with Gasteiger partial charge in [-0.15, -0.1) is 24.8 Å². The van der Waals surface area contributed by atoms with Crippen LogP contribution in [0.4, 0.5) is 13.2 Å². The molecule has 0 radical (unpaired) electrons. The van der Waals surface area contributed by atoms with E-state index >= 15 is 0 Å². The lowest BCUT2D eigenvalue weighted by Gasteiger charge is -2.15. The third-order valence-electron chi connectivity index (χ3n) is 1.76. The molecule has 0 atom stereocenters. The van der Waals surface area contributed by atoms with E-state index in [2.05, 4.69) is 14.5 Å². The molecule has 0 bridgehead atoms. The van der Waals surface area contributed by atoms with Crippen LogP contribution >= 0.6 is 34.2 Å². The van der Waals surface area contributed by atoms with Gasteiger partial charge in [-0.3, -0.25) is 0 Å². The minimum Gasteiger partial charge on any atom is -0.465 e. The summed E-state index contributed by atoms with van der Waals surface area (Å²) in [5, 5.41) is 0. The minimum atomic E-state index is -4.95. The number of ether oxygens (including phenoxy) is 2. The van der Waals surface area contributed by atoms with E-state index in [0.717, 1.165) is 13.2 Å². The molecule has 1 aromatic heterocycles. The Labute approximate surface area is 119 Å². The SMILES string of the molecule is COC(=O)c1cc(I)nc(CCl)c1OC(F)(F)F. The molecule has 0 aromatic carbocycles. The highest BCUT2D eigenvalue weighted by molar-refractivity contribution is 14.1. The summed E-state index contributed by atoms with van der Waals surface area (Å²) in [6, 6.07) is 1.13. The predicted octanol–water partition coefficient (Wildman–Crippen LogP) is 3.11. The fourth-order valence-electron chi connectivity index (χ4n) is 1.13. The number of methoxy groups -OCH3 is 1. The van der Waals surface area contributed by atoms with Gasteiger partial charge in [0.25, 0.3) is 0 Å². The number of hydrogen-bond acceptors (Lipinski definition) is 4. The van der Waals surface area contributed by atoms with Crippen molar-refractivity contribution >= 4 is 40.2 Å². The molecular weight excluding hydrogens is 389 g/mol. The number of pyridine rings is 1. The van der Waals surface area contributed by atoms with E-state index < -0.39 is 18.1 Å². The molecule has 1 heterocycles. The molecule has 100 valence electrons. The first-order valence-corrected chi connectivity index (χ1v) is 5.99. The smallest absolute Gasteiger partial charge is 0.465 e. The largest absolute Gasteiger partial charge is 0.573 e. The first-order chi connectivity index (χ1) is 8.28. The zero-order valence-corrected chi connectivity index (χ0v) is 11.8. The third-order valence-corrected chi connectivity index (χ3v) is 2.57. The van der Waals surface area contributed by atoms with E-state index in [1.165, 1.54) is 0 Å². The summed E-state index contributed by atoms with van der Waals surface area (Å²) < 4.78 is 45.2. The lowest BCUT2D eigenvalue weighted by atomic mass is 10.2.